The third-order valence-electron chi connectivity index (χ3n) is 4.92. The summed E-state index contributed by atoms with van der Waals surface area (Å²) in [5, 5.41) is 10.9. The molecule has 2 fully saturated rings. The van der Waals surface area contributed by atoms with Gasteiger partial charge in [0.1, 0.15) is 0 Å². The van der Waals surface area contributed by atoms with Gasteiger partial charge in [-0.05, 0) is 61.2 Å². The van der Waals surface area contributed by atoms with Gasteiger partial charge in [0, 0.05) is 11.1 Å². The van der Waals surface area contributed by atoms with Crippen molar-refractivity contribution >= 4 is 27.7 Å². The van der Waals surface area contributed by atoms with E-state index in [0.29, 0.717) is 5.92 Å². The van der Waals surface area contributed by atoms with Gasteiger partial charge in [-0.3, -0.25) is 0 Å². The Labute approximate surface area is 139 Å². The lowest BCUT2D eigenvalue weighted by molar-refractivity contribution is -0.121. The molecule has 2 atom stereocenters. The summed E-state index contributed by atoms with van der Waals surface area (Å²) in [5.74, 6) is 2.69. The minimum atomic E-state index is -0.394. The average Bonchev–Trinajstić information content (AvgIpc) is 2.50. The van der Waals surface area contributed by atoms with Gasteiger partial charge in [-0.1, -0.05) is 34.1 Å². The second-order valence-electron chi connectivity index (χ2n) is 6.32. The number of aliphatic hydroxyl groups excluding tert-OH is 1. The number of rotatable bonds is 2. The third kappa shape index (κ3) is 3.34. The topological polar surface area (TPSA) is 29.5 Å². The zero-order chi connectivity index (χ0) is 14.9. The second kappa shape index (κ2) is 6.61. The van der Waals surface area contributed by atoms with Crippen LogP contribution in [0.15, 0.2) is 22.7 Å². The van der Waals surface area contributed by atoms with E-state index in [9.17, 15) is 5.11 Å². The summed E-state index contributed by atoms with van der Waals surface area (Å²) in [5.41, 5.74) is 2.25. The van der Waals surface area contributed by atoms with Crippen molar-refractivity contribution in [1.29, 1.82) is 0 Å². The SMILES string of the molecule is Cc1cccc(C(O)C2CCOC3(CCSCC3)C2)c1Br. The highest BCUT2D eigenvalue weighted by atomic mass is 79.9. The van der Waals surface area contributed by atoms with Crippen LogP contribution >= 0.6 is 27.7 Å². The maximum atomic E-state index is 10.9. The highest BCUT2D eigenvalue weighted by Gasteiger charge is 2.41. The Bertz CT molecular complexity index is 494. The highest BCUT2D eigenvalue weighted by Crippen LogP contribution is 2.44. The summed E-state index contributed by atoms with van der Waals surface area (Å²) in [6.45, 7) is 2.86. The van der Waals surface area contributed by atoms with Gasteiger partial charge in [0.05, 0.1) is 11.7 Å². The van der Waals surface area contributed by atoms with Crippen LogP contribution in [0.3, 0.4) is 0 Å². The van der Waals surface area contributed by atoms with Gasteiger partial charge in [0.15, 0.2) is 0 Å². The molecule has 2 nitrogen and oxygen atoms in total. The summed E-state index contributed by atoms with van der Waals surface area (Å²) < 4.78 is 7.19. The van der Waals surface area contributed by atoms with Crippen molar-refractivity contribution in [3.63, 3.8) is 0 Å². The standard InChI is InChI=1S/C17H23BrO2S/c1-12-3-2-4-14(15(12)18)16(19)13-5-8-20-17(11-13)6-9-21-10-7-17/h2-4,13,16,19H,5-11H2,1H3. The Morgan fingerprint density at radius 1 is 1.38 bits per heavy atom. The first-order valence-corrected chi connectivity index (χ1v) is 9.71. The minimum Gasteiger partial charge on any atom is -0.388 e. The molecule has 1 aromatic carbocycles. The summed E-state index contributed by atoms with van der Waals surface area (Å²) in [6.07, 6.45) is 3.83. The predicted molar refractivity (Wildman–Crippen MR) is 91.8 cm³/mol. The third-order valence-corrected chi connectivity index (χ3v) is 6.99. The maximum absolute atomic E-state index is 10.9. The van der Waals surface area contributed by atoms with Crippen LogP contribution in [0.1, 0.15) is 42.9 Å². The van der Waals surface area contributed by atoms with E-state index in [0.717, 1.165) is 42.3 Å². The lowest BCUT2D eigenvalue weighted by Crippen LogP contribution is -2.44. The molecule has 21 heavy (non-hydrogen) atoms. The molecule has 116 valence electrons. The molecule has 2 aliphatic heterocycles. The Morgan fingerprint density at radius 3 is 2.90 bits per heavy atom. The van der Waals surface area contributed by atoms with Crippen LogP contribution < -0.4 is 0 Å². The Kier molecular flexibility index (Phi) is 4.99. The molecule has 4 heteroatoms. The van der Waals surface area contributed by atoms with E-state index in [1.54, 1.807) is 0 Å². The zero-order valence-corrected chi connectivity index (χ0v) is 14.9. The zero-order valence-electron chi connectivity index (χ0n) is 12.5. The Hall–Kier alpha value is -0.0300. The van der Waals surface area contributed by atoms with Gasteiger partial charge in [-0.2, -0.15) is 11.8 Å². The molecule has 0 saturated carbocycles. The van der Waals surface area contributed by atoms with E-state index in [-0.39, 0.29) is 5.60 Å². The fourth-order valence-corrected chi connectivity index (χ4v) is 5.32. The van der Waals surface area contributed by atoms with Crippen molar-refractivity contribution in [1.82, 2.24) is 0 Å². The molecule has 1 aromatic rings. The molecule has 0 amide bonds. The van der Waals surface area contributed by atoms with Gasteiger partial charge in [0.25, 0.3) is 0 Å². The van der Waals surface area contributed by atoms with Crippen LogP contribution in [0.25, 0.3) is 0 Å². The molecule has 0 aromatic heterocycles. The minimum absolute atomic E-state index is 0.0332. The molecule has 2 aliphatic rings. The number of benzene rings is 1. The van der Waals surface area contributed by atoms with Gasteiger partial charge in [0.2, 0.25) is 0 Å². The summed E-state index contributed by atoms with van der Waals surface area (Å²) in [7, 11) is 0. The van der Waals surface area contributed by atoms with Gasteiger partial charge in [-0.15, -0.1) is 0 Å². The van der Waals surface area contributed by atoms with E-state index in [2.05, 4.69) is 28.9 Å². The first-order valence-electron chi connectivity index (χ1n) is 7.76. The lowest BCUT2D eigenvalue weighted by Gasteiger charge is -2.44. The predicted octanol–water partition coefficient (Wildman–Crippen LogP) is 4.48. The van der Waals surface area contributed by atoms with E-state index < -0.39 is 6.10 Å². The molecular weight excluding hydrogens is 348 g/mol. The number of hydrogen-bond acceptors (Lipinski definition) is 3. The Balaban J connectivity index is 1.78. The van der Waals surface area contributed by atoms with Crippen LogP contribution in [0, 0.1) is 12.8 Å². The Morgan fingerprint density at radius 2 is 2.14 bits per heavy atom. The van der Waals surface area contributed by atoms with Gasteiger partial charge >= 0.3 is 0 Å². The van der Waals surface area contributed by atoms with Crippen molar-refractivity contribution in [2.24, 2.45) is 5.92 Å². The van der Waals surface area contributed by atoms with E-state index in [1.807, 2.05) is 23.9 Å². The molecule has 1 N–H and O–H groups in total. The second-order valence-corrected chi connectivity index (χ2v) is 8.34. The molecule has 0 aliphatic carbocycles. The maximum Gasteiger partial charge on any atom is 0.0831 e. The number of halogens is 1. The number of hydrogen-bond donors (Lipinski definition) is 1. The molecular formula is C17H23BrO2S. The van der Waals surface area contributed by atoms with Crippen molar-refractivity contribution in [2.75, 3.05) is 18.1 Å². The number of ether oxygens (including phenoxy) is 1. The van der Waals surface area contributed by atoms with Crippen molar-refractivity contribution < 1.29 is 9.84 Å². The molecule has 3 rings (SSSR count). The fourth-order valence-electron chi connectivity index (χ4n) is 3.58. The number of thioether (sulfide) groups is 1. The summed E-state index contributed by atoms with van der Waals surface area (Å²) in [4.78, 5) is 0. The highest BCUT2D eigenvalue weighted by molar-refractivity contribution is 9.10. The van der Waals surface area contributed by atoms with Crippen LogP contribution in [-0.2, 0) is 4.74 Å². The molecule has 1 spiro atoms. The van der Waals surface area contributed by atoms with E-state index in [1.165, 1.54) is 17.1 Å². The lowest BCUT2D eigenvalue weighted by atomic mass is 9.78. The molecule has 0 radical (unpaired) electrons. The smallest absolute Gasteiger partial charge is 0.0831 e. The molecule has 2 unspecified atom stereocenters. The summed E-state index contributed by atoms with van der Waals surface area (Å²) in [6, 6.07) is 6.15. The quantitative estimate of drug-likeness (QED) is 0.831. The largest absolute Gasteiger partial charge is 0.388 e. The van der Waals surface area contributed by atoms with Crippen LogP contribution in [0.5, 0.6) is 0 Å². The van der Waals surface area contributed by atoms with E-state index in [4.69, 9.17) is 4.74 Å². The van der Waals surface area contributed by atoms with Gasteiger partial charge in [-0.25, -0.2) is 0 Å². The van der Waals surface area contributed by atoms with Crippen molar-refractivity contribution in [3.8, 4) is 0 Å². The monoisotopic (exact) mass is 370 g/mol. The first-order chi connectivity index (χ1) is 10.1. The van der Waals surface area contributed by atoms with Crippen molar-refractivity contribution in [3.05, 3.63) is 33.8 Å². The fraction of sp³-hybridized carbons (Fsp3) is 0.647. The number of aliphatic hydroxyl groups is 1. The molecule has 0 bridgehead atoms. The van der Waals surface area contributed by atoms with Crippen molar-refractivity contribution in [2.45, 2.75) is 44.3 Å². The molecule has 2 heterocycles. The van der Waals surface area contributed by atoms with E-state index >= 15 is 0 Å². The molecule has 2 saturated heterocycles. The first kappa shape index (κ1) is 15.9. The average molecular weight is 371 g/mol. The van der Waals surface area contributed by atoms with Crippen LogP contribution in [0.2, 0.25) is 0 Å². The summed E-state index contributed by atoms with van der Waals surface area (Å²) >= 11 is 5.66. The normalized spacial score (nSPS) is 26.7. The van der Waals surface area contributed by atoms with Gasteiger partial charge < -0.3 is 9.84 Å². The number of aryl methyl sites for hydroxylation is 1. The van der Waals surface area contributed by atoms with Crippen LogP contribution in [0.4, 0.5) is 0 Å². The van der Waals surface area contributed by atoms with Crippen LogP contribution in [-0.4, -0.2) is 28.8 Å².